The fourth-order valence-electron chi connectivity index (χ4n) is 3.65. The third-order valence-corrected chi connectivity index (χ3v) is 4.57. The molecular weight excluding hydrogens is 364 g/mol. The summed E-state index contributed by atoms with van der Waals surface area (Å²) in [4.78, 5) is 19.8. The summed E-state index contributed by atoms with van der Waals surface area (Å²) in [5, 5.41) is 32.4. The van der Waals surface area contributed by atoms with Crippen LogP contribution < -0.4 is 11.5 Å². The maximum Gasteiger partial charge on any atom is 0.303 e. The van der Waals surface area contributed by atoms with Gasteiger partial charge in [-0.05, 0) is 62.3 Å². The van der Waals surface area contributed by atoms with Crippen LogP contribution in [0.3, 0.4) is 0 Å². The van der Waals surface area contributed by atoms with Gasteiger partial charge >= 0.3 is 11.9 Å². The molecule has 1 aliphatic carbocycles. The van der Waals surface area contributed by atoms with Crippen LogP contribution in [0.1, 0.15) is 78.6 Å². The molecule has 8 N–H and O–H groups in total. The minimum atomic E-state index is -0.870. The first-order valence-corrected chi connectivity index (χ1v) is 10.0. The summed E-state index contributed by atoms with van der Waals surface area (Å²) < 4.78 is 0. The van der Waals surface area contributed by atoms with E-state index >= 15 is 0 Å². The molecule has 8 nitrogen and oxygen atoms in total. The second-order valence-electron chi connectivity index (χ2n) is 8.67. The van der Waals surface area contributed by atoms with E-state index in [2.05, 4.69) is 20.8 Å². The number of unbranched alkanes of at least 4 members (excludes halogenated alkanes) is 2. The highest BCUT2D eigenvalue weighted by molar-refractivity contribution is 5.67. The van der Waals surface area contributed by atoms with E-state index in [0.29, 0.717) is 24.3 Å². The highest BCUT2D eigenvalue weighted by Gasteiger charge is 2.38. The van der Waals surface area contributed by atoms with Gasteiger partial charge in [0.15, 0.2) is 0 Å². The first-order valence-electron chi connectivity index (χ1n) is 10.0. The SMILES string of the molecule is CC1(C)CC(N)CC(C)(CN)C1.O=C(O)CCCCC(=O)O.OCCCCO. The summed E-state index contributed by atoms with van der Waals surface area (Å²) in [6, 6.07) is 0.349. The van der Waals surface area contributed by atoms with Crippen LogP contribution >= 0.6 is 0 Å². The molecule has 1 saturated carbocycles. The van der Waals surface area contributed by atoms with Crippen molar-refractivity contribution in [1.82, 2.24) is 0 Å². The number of carbonyl (C=O) groups is 2. The molecular formula is C20H42N2O6. The predicted molar refractivity (Wildman–Crippen MR) is 110 cm³/mol. The van der Waals surface area contributed by atoms with Crippen molar-refractivity contribution in [3.8, 4) is 0 Å². The molecule has 0 aromatic carbocycles. The van der Waals surface area contributed by atoms with E-state index in [9.17, 15) is 9.59 Å². The minimum absolute atomic E-state index is 0.0628. The molecule has 0 spiro atoms. The third-order valence-electron chi connectivity index (χ3n) is 4.57. The minimum Gasteiger partial charge on any atom is -0.481 e. The van der Waals surface area contributed by atoms with E-state index < -0.39 is 11.9 Å². The smallest absolute Gasteiger partial charge is 0.303 e. The van der Waals surface area contributed by atoms with Crippen LogP contribution in [0.5, 0.6) is 0 Å². The Kier molecular flexibility index (Phi) is 16.2. The largest absolute Gasteiger partial charge is 0.481 e. The number of hydrogen-bond acceptors (Lipinski definition) is 6. The fraction of sp³-hybridized carbons (Fsp3) is 0.900. The van der Waals surface area contributed by atoms with Crippen LogP contribution in [-0.4, -0.2) is 58.2 Å². The molecule has 0 radical (unpaired) electrons. The van der Waals surface area contributed by atoms with Crippen molar-refractivity contribution in [3.63, 3.8) is 0 Å². The van der Waals surface area contributed by atoms with E-state index in [4.69, 9.17) is 31.9 Å². The first kappa shape index (κ1) is 29.0. The van der Waals surface area contributed by atoms with Gasteiger partial charge in [-0.3, -0.25) is 9.59 Å². The van der Waals surface area contributed by atoms with Gasteiger partial charge in [-0.25, -0.2) is 0 Å². The summed E-state index contributed by atoms with van der Waals surface area (Å²) in [5.41, 5.74) is 12.4. The fourth-order valence-corrected chi connectivity index (χ4v) is 3.65. The number of carboxylic acids is 2. The van der Waals surface area contributed by atoms with Gasteiger partial charge in [0.25, 0.3) is 0 Å². The molecule has 2 unspecified atom stereocenters. The molecule has 1 fully saturated rings. The van der Waals surface area contributed by atoms with Gasteiger partial charge in [0.05, 0.1) is 0 Å². The number of carboxylic acid groups (broad SMARTS) is 2. The number of nitrogens with two attached hydrogens (primary N) is 2. The lowest BCUT2D eigenvalue weighted by atomic mass is 9.63. The van der Waals surface area contributed by atoms with E-state index in [1.807, 2.05) is 0 Å². The maximum atomic E-state index is 9.90. The van der Waals surface area contributed by atoms with Gasteiger partial charge in [0.1, 0.15) is 0 Å². The molecule has 0 aromatic heterocycles. The monoisotopic (exact) mass is 406 g/mol. The molecule has 0 bridgehead atoms. The average Bonchev–Trinajstić information content (AvgIpc) is 2.55. The molecule has 0 saturated heterocycles. The van der Waals surface area contributed by atoms with Crippen LogP contribution in [0.15, 0.2) is 0 Å². The average molecular weight is 407 g/mol. The van der Waals surface area contributed by atoms with Crippen LogP contribution in [-0.2, 0) is 9.59 Å². The lowest BCUT2D eigenvalue weighted by Gasteiger charge is -2.45. The molecule has 8 heteroatoms. The van der Waals surface area contributed by atoms with Crippen LogP contribution in [0.4, 0.5) is 0 Å². The van der Waals surface area contributed by atoms with Crippen molar-refractivity contribution in [2.45, 2.75) is 84.6 Å². The van der Waals surface area contributed by atoms with Crippen molar-refractivity contribution in [3.05, 3.63) is 0 Å². The third kappa shape index (κ3) is 18.2. The molecule has 0 aromatic rings. The quantitative estimate of drug-likeness (QED) is 0.316. The van der Waals surface area contributed by atoms with Gasteiger partial charge < -0.3 is 31.9 Å². The van der Waals surface area contributed by atoms with Crippen LogP contribution in [0.2, 0.25) is 0 Å². The Morgan fingerprint density at radius 2 is 1.32 bits per heavy atom. The van der Waals surface area contributed by atoms with Crippen molar-refractivity contribution in [2.24, 2.45) is 22.3 Å². The van der Waals surface area contributed by atoms with Crippen molar-refractivity contribution in [2.75, 3.05) is 19.8 Å². The highest BCUT2D eigenvalue weighted by atomic mass is 16.4. The lowest BCUT2D eigenvalue weighted by Crippen LogP contribution is -2.45. The molecule has 1 aliphatic rings. The zero-order valence-electron chi connectivity index (χ0n) is 17.8. The van der Waals surface area contributed by atoms with E-state index in [-0.39, 0.29) is 31.5 Å². The van der Waals surface area contributed by atoms with E-state index in [1.54, 1.807) is 0 Å². The molecule has 0 heterocycles. The highest BCUT2D eigenvalue weighted by Crippen LogP contribution is 2.44. The van der Waals surface area contributed by atoms with Gasteiger partial charge in [-0.2, -0.15) is 0 Å². The second kappa shape index (κ2) is 15.7. The Bertz CT molecular complexity index is 411. The van der Waals surface area contributed by atoms with Gasteiger partial charge in [-0.1, -0.05) is 20.8 Å². The summed E-state index contributed by atoms with van der Waals surface area (Å²) in [6.07, 6.45) is 5.90. The predicted octanol–water partition coefficient (Wildman–Crippen LogP) is 1.96. The number of aliphatic carboxylic acids is 2. The Labute approximate surface area is 169 Å². The van der Waals surface area contributed by atoms with E-state index in [0.717, 1.165) is 32.2 Å². The second-order valence-corrected chi connectivity index (χ2v) is 8.67. The summed E-state index contributed by atoms with van der Waals surface area (Å²) in [5.74, 6) is -1.74. The first-order chi connectivity index (χ1) is 12.9. The molecule has 0 amide bonds. The number of aliphatic hydroxyl groups is 2. The maximum absolute atomic E-state index is 9.90. The lowest BCUT2D eigenvalue weighted by molar-refractivity contribution is -0.139. The standard InChI is InChI=1S/C10H22N2.C6H10O4.C4H10O2/c1-9(2)4-8(12)5-10(3,6-9)7-11;7-5(8)3-1-2-4-6(9)10;5-3-1-2-4-6/h8H,4-7,11-12H2,1-3H3;1-4H2,(H,7,8)(H,9,10);5-6H,1-4H2. The van der Waals surface area contributed by atoms with Crippen molar-refractivity contribution >= 4 is 11.9 Å². The Hall–Kier alpha value is -1.22. The zero-order valence-corrected chi connectivity index (χ0v) is 17.8. The van der Waals surface area contributed by atoms with Crippen LogP contribution in [0, 0.1) is 10.8 Å². The normalized spacial score (nSPS) is 22.9. The topological polar surface area (TPSA) is 167 Å². The van der Waals surface area contributed by atoms with Gasteiger partial charge in [0.2, 0.25) is 0 Å². The van der Waals surface area contributed by atoms with E-state index in [1.165, 1.54) is 6.42 Å². The Balaban J connectivity index is 0. The molecule has 168 valence electrons. The summed E-state index contributed by atoms with van der Waals surface area (Å²) in [6.45, 7) is 8.00. The molecule has 1 rings (SSSR count). The Morgan fingerprint density at radius 3 is 1.61 bits per heavy atom. The van der Waals surface area contributed by atoms with Gasteiger partial charge in [-0.15, -0.1) is 0 Å². The summed E-state index contributed by atoms with van der Waals surface area (Å²) >= 11 is 0. The summed E-state index contributed by atoms with van der Waals surface area (Å²) in [7, 11) is 0. The number of hydrogen-bond donors (Lipinski definition) is 6. The van der Waals surface area contributed by atoms with Gasteiger partial charge in [0, 0.05) is 32.1 Å². The van der Waals surface area contributed by atoms with Crippen LogP contribution in [0.25, 0.3) is 0 Å². The zero-order chi connectivity index (χ0) is 22.2. The Morgan fingerprint density at radius 1 is 0.893 bits per heavy atom. The number of aliphatic hydroxyl groups excluding tert-OH is 2. The van der Waals surface area contributed by atoms with Crippen molar-refractivity contribution < 1.29 is 30.0 Å². The molecule has 0 aliphatic heterocycles. The van der Waals surface area contributed by atoms with Crippen molar-refractivity contribution in [1.29, 1.82) is 0 Å². The molecule has 2 atom stereocenters. The number of rotatable bonds is 9. The molecule has 28 heavy (non-hydrogen) atoms.